The predicted molar refractivity (Wildman–Crippen MR) is 89.1 cm³/mol. The third-order valence-electron chi connectivity index (χ3n) is 3.22. The summed E-state index contributed by atoms with van der Waals surface area (Å²) < 4.78 is 12.4. The minimum Gasteiger partial charge on any atom is -0.478 e. The molecular formula is C17H21ClN2O3. The molecule has 0 spiro atoms. The molecule has 23 heavy (non-hydrogen) atoms. The molecule has 5 nitrogen and oxygen atoms in total. The third kappa shape index (κ3) is 4.99. The average Bonchev–Trinajstić information content (AvgIpc) is 2.93. The molecular weight excluding hydrogens is 316 g/mol. The molecule has 0 aliphatic carbocycles. The number of esters is 1. The monoisotopic (exact) mass is 336 g/mol. The highest BCUT2D eigenvalue weighted by Crippen LogP contribution is 2.18. The van der Waals surface area contributed by atoms with Gasteiger partial charge >= 0.3 is 5.97 Å². The first kappa shape index (κ1) is 17.3. The van der Waals surface area contributed by atoms with E-state index in [4.69, 9.17) is 21.1 Å². The van der Waals surface area contributed by atoms with Crippen LogP contribution in [-0.4, -0.2) is 29.0 Å². The molecule has 2 aromatic rings. The van der Waals surface area contributed by atoms with E-state index in [0.29, 0.717) is 30.7 Å². The van der Waals surface area contributed by atoms with Gasteiger partial charge in [-0.15, -0.1) is 0 Å². The number of ether oxygens (including phenoxy) is 2. The number of unbranched alkanes of at least 4 members (excludes halogenated alkanes) is 1. The smallest absolute Gasteiger partial charge is 0.358 e. The molecule has 0 aliphatic heterocycles. The summed E-state index contributed by atoms with van der Waals surface area (Å²) in [7, 11) is 0. The van der Waals surface area contributed by atoms with Crippen molar-refractivity contribution in [2.75, 3.05) is 13.2 Å². The van der Waals surface area contributed by atoms with E-state index in [1.807, 2.05) is 24.3 Å². The summed E-state index contributed by atoms with van der Waals surface area (Å²) >= 11 is 5.90. The van der Waals surface area contributed by atoms with Gasteiger partial charge in [-0.2, -0.15) is 5.10 Å². The summed E-state index contributed by atoms with van der Waals surface area (Å²) in [4.78, 5) is 11.9. The SMILES string of the molecule is CCCCOc1cc(C(=O)OCC)nn1Cc1ccc(Cl)cc1. The van der Waals surface area contributed by atoms with Crippen LogP contribution in [-0.2, 0) is 11.3 Å². The Morgan fingerprint density at radius 2 is 2.00 bits per heavy atom. The summed E-state index contributed by atoms with van der Waals surface area (Å²) in [6.45, 7) is 5.26. The van der Waals surface area contributed by atoms with E-state index in [1.54, 1.807) is 17.7 Å². The van der Waals surface area contributed by atoms with Crippen molar-refractivity contribution >= 4 is 17.6 Å². The maximum Gasteiger partial charge on any atom is 0.358 e. The molecule has 0 bridgehead atoms. The van der Waals surface area contributed by atoms with Crippen molar-refractivity contribution in [2.45, 2.75) is 33.2 Å². The van der Waals surface area contributed by atoms with Crippen LogP contribution in [0.25, 0.3) is 0 Å². The van der Waals surface area contributed by atoms with E-state index in [9.17, 15) is 4.79 Å². The Hall–Kier alpha value is -2.01. The summed E-state index contributed by atoms with van der Waals surface area (Å²) in [5.74, 6) is 0.124. The zero-order valence-corrected chi connectivity index (χ0v) is 14.2. The largest absolute Gasteiger partial charge is 0.478 e. The quantitative estimate of drug-likeness (QED) is 0.541. The lowest BCUT2D eigenvalue weighted by Gasteiger charge is -2.09. The number of halogens is 1. The fourth-order valence-corrected chi connectivity index (χ4v) is 2.14. The zero-order chi connectivity index (χ0) is 16.7. The molecule has 0 N–H and O–H groups in total. The molecule has 1 heterocycles. The Labute approximate surface area is 141 Å². The van der Waals surface area contributed by atoms with Gasteiger partial charge in [0.15, 0.2) is 5.69 Å². The number of hydrogen-bond acceptors (Lipinski definition) is 4. The topological polar surface area (TPSA) is 53.4 Å². The number of benzene rings is 1. The second kappa shape index (κ2) is 8.58. The van der Waals surface area contributed by atoms with E-state index < -0.39 is 5.97 Å². The van der Waals surface area contributed by atoms with Gasteiger partial charge in [0.1, 0.15) is 0 Å². The minimum absolute atomic E-state index is 0.257. The highest BCUT2D eigenvalue weighted by molar-refractivity contribution is 6.30. The summed E-state index contributed by atoms with van der Waals surface area (Å²) in [5.41, 5.74) is 1.28. The molecule has 6 heteroatoms. The molecule has 1 aromatic heterocycles. The van der Waals surface area contributed by atoms with Crippen LogP contribution in [0.1, 0.15) is 42.7 Å². The number of carbonyl (C=O) groups is 1. The Morgan fingerprint density at radius 3 is 2.65 bits per heavy atom. The van der Waals surface area contributed by atoms with E-state index in [2.05, 4.69) is 12.0 Å². The van der Waals surface area contributed by atoms with Gasteiger partial charge in [0.25, 0.3) is 0 Å². The molecule has 0 fully saturated rings. The highest BCUT2D eigenvalue weighted by Gasteiger charge is 2.16. The number of aromatic nitrogens is 2. The molecule has 0 aliphatic rings. The molecule has 0 unspecified atom stereocenters. The second-order valence-corrected chi connectivity index (χ2v) is 5.51. The fourth-order valence-electron chi connectivity index (χ4n) is 2.02. The second-order valence-electron chi connectivity index (χ2n) is 5.07. The Balaban J connectivity index is 2.19. The molecule has 1 aromatic carbocycles. The number of carbonyl (C=O) groups excluding carboxylic acids is 1. The number of hydrogen-bond donors (Lipinski definition) is 0. The molecule has 124 valence electrons. The lowest BCUT2D eigenvalue weighted by molar-refractivity contribution is 0.0518. The van der Waals surface area contributed by atoms with Gasteiger partial charge in [0, 0.05) is 11.1 Å². The number of rotatable bonds is 8. The van der Waals surface area contributed by atoms with E-state index in [-0.39, 0.29) is 5.69 Å². The first-order valence-corrected chi connectivity index (χ1v) is 8.14. The summed E-state index contributed by atoms with van der Waals surface area (Å²) in [6.07, 6.45) is 1.98. The van der Waals surface area contributed by atoms with Gasteiger partial charge in [-0.3, -0.25) is 0 Å². The zero-order valence-electron chi connectivity index (χ0n) is 13.4. The lowest BCUT2D eigenvalue weighted by atomic mass is 10.2. The Bertz CT molecular complexity index is 638. The van der Waals surface area contributed by atoms with E-state index >= 15 is 0 Å². The standard InChI is InChI=1S/C17H21ClN2O3/c1-3-5-10-23-16-11-15(17(21)22-4-2)19-20(16)12-13-6-8-14(18)9-7-13/h6-9,11H,3-5,10,12H2,1-2H3. The van der Waals surface area contributed by atoms with Gasteiger partial charge < -0.3 is 9.47 Å². The molecule has 0 saturated carbocycles. The van der Waals surface area contributed by atoms with Crippen molar-refractivity contribution in [2.24, 2.45) is 0 Å². The maximum absolute atomic E-state index is 11.9. The first-order valence-electron chi connectivity index (χ1n) is 7.76. The summed E-state index contributed by atoms with van der Waals surface area (Å²) in [6, 6.07) is 9.12. The van der Waals surface area contributed by atoms with Crippen molar-refractivity contribution in [3.8, 4) is 5.88 Å². The normalized spacial score (nSPS) is 10.6. The Kier molecular flexibility index (Phi) is 6.47. The van der Waals surface area contributed by atoms with Gasteiger partial charge in [0.05, 0.1) is 19.8 Å². The molecule has 0 saturated heterocycles. The summed E-state index contributed by atoms with van der Waals surface area (Å²) in [5, 5.41) is 4.99. The van der Waals surface area contributed by atoms with Crippen LogP contribution >= 0.6 is 11.6 Å². The maximum atomic E-state index is 11.9. The number of nitrogens with zero attached hydrogens (tertiary/aromatic N) is 2. The highest BCUT2D eigenvalue weighted by atomic mass is 35.5. The van der Waals surface area contributed by atoms with Gasteiger partial charge in [-0.1, -0.05) is 37.1 Å². The van der Waals surface area contributed by atoms with Gasteiger partial charge in [-0.25, -0.2) is 9.48 Å². The molecule has 2 rings (SSSR count). The van der Waals surface area contributed by atoms with Crippen molar-refractivity contribution in [3.05, 3.63) is 46.6 Å². The lowest BCUT2D eigenvalue weighted by Crippen LogP contribution is -2.09. The van der Waals surface area contributed by atoms with Crippen LogP contribution in [0.4, 0.5) is 0 Å². The van der Waals surface area contributed by atoms with Crippen LogP contribution in [0, 0.1) is 0 Å². The van der Waals surface area contributed by atoms with Gasteiger partial charge in [0.2, 0.25) is 5.88 Å². The molecule has 0 radical (unpaired) electrons. The minimum atomic E-state index is -0.442. The average molecular weight is 337 g/mol. The van der Waals surface area contributed by atoms with Crippen molar-refractivity contribution in [1.82, 2.24) is 9.78 Å². The van der Waals surface area contributed by atoms with Crippen LogP contribution in [0.15, 0.2) is 30.3 Å². The van der Waals surface area contributed by atoms with Crippen LogP contribution in [0.2, 0.25) is 5.02 Å². The van der Waals surface area contributed by atoms with Crippen LogP contribution in [0.5, 0.6) is 5.88 Å². The predicted octanol–water partition coefficient (Wildman–Crippen LogP) is 3.94. The molecule has 0 atom stereocenters. The Morgan fingerprint density at radius 1 is 1.26 bits per heavy atom. The fraction of sp³-hybridized carbons (Fsp3) is 0.412. The molecule has 0 amide bonds. The van der Waals surface area contributed by atoms with Crippen molar-refractivity contribution in [1.29, 1.82) is 0 Å². The van der Waals surface area contributed by atoms with Crippen LogP contribution < -0.4 is 4.74 Å². The van der Waals surface area contributed by atoms with Gasteiger partial charge in [-0.05, 0) is 31.0 Å². The first-order chi connectivity index (χ1) is 11.1. The third-order valence-corrected chi connectivity index (χ3v) is 3.47. The van der Waals surface area contributed by atoms with E-state index in [1.165, 1.54) is 0 Å². The van der Waals surface area contributed by atoms with E-state index in [0.717, 1.165) is 18.4 Å². The van der Waals surface area contributed by atoms with Crippen molar-refractivity contribution in [3.63, 3.8) is 0 Å². The van der Waals surface area contributed by atoms with Crippen molar-refractivity contribution < 1.29 is 14.3 Å². The van der Waals surface area contributed by atoms with Crippen LogP contribution in [0.3, 0.4) is 0 Å².